The van der Waals surface area contributed by atoms with Gasteiger partial charge in [0.1, 0.15) is 5.75 Å². The second-order valence-corrected chi connectivity index (χ2v) is 3.87. The Morgan fingerprint density at radius 1 is 1.15 bits per heavy atom. The van der Waals surface area contributed by atoms with Gasteiger partial charge < -0.3 is 21.1 Å². The number of hydrogen-bond donors (Lipinski definition) is 3. The van der Waals surface area contributed by atoms with Gasteiger partial charge in [-0.15, -0.1) is 12.4 Å². The fourth-order valence-corrected chi connectivity index (χ4v) is 1.44. The molecule has 7 heteroatoms. The van der Waals surface area contributed by atoms with Gasteiger partial charge in [-0.25, -0.2) is 0 Å². The highest BCUT2D eigenvalue weighted by molar-refractivity contribution is 5.94. The van der Waals surface area contributed by atoms with Crippen LogP contribution in [0.4, 0.5) is 0 Å². The van der Waals surface area contributed by atoms with Crippen molar-refractivity contribution >= 4 is 24.2 Å². The Morgan fingerprint density at radius 3 is 2.30 bits per heavy atom. The second-order valence-electron chi connectivity index (χ2n) is 3.87. The van der Waals surface area contributed by atoms with Gasteiger partial charge in [-0.05, 0) is 24.3 Å². The summed E-state index contributed by atoms with van der Waals surface area (Å²) in [7, 11) is 1.57. The highest BCUT2D eigenvalue weighted by atomic mass is 35.5. The monoisotopic (exact) mass is 301 g/mol. The molecule has 1 rings (SSSR count). The summed E-state index contributed by atoms with van der Waals surface area (Å²) in [5.41, 5.74) is 5.79. The van der Waals surface area contributed by atoms with E-state index in [0.29, 0.717) is 37.4 Å². The van der Waals surface area contributed by atoms with E-state index in [4.69, 9.17) is 10.5 Å². The minimum Gasteiger partial charge on any atom is -0.497 e. The van der Waals surface area contributed by atoms with E-state index in [9.17, 15) is 9.59 Å². The topological polar surface area (TPSA) is 93.5 Å². The minimum atomic E-state index is -0.185. The molecular formula is C13H20ClN3O3. The molecule has 0 atom stereocenters. The average molecular weight is 302 g/mol. The van der Waals surface area contributed by atoms with Crippen LogP contribution in [0.2, 0.25) is 0 Å². The summed E-state index contributed by atoms with van der Waals surface area (Å²) < 4.78 is 5.01. The average Bonchev–Trinajstić information content (AvgIpc) is 2.44. The summed E-state index contributed by atoms with van der Waals surface area (Å²) in [5, 5.41) is 5.36. The highest BCUT2D eigenvalue weighted by Crippen LogP contribution is 2.10. The van der Waals surface area contributed by atoms with Crippen molar-refractivity contribution in [3.8, 4) is 5.75 Å². The van der Waals surface area contributed by atoms with Crippen molar-refractivity contribution in [2.24, 2.45) is 5.73 Å². The van der Waals surface area contributed by atoms with Crippen LogP contribution in [0.15, 0.2) is 24.3 Å². The van der Waals surface area contributed by atoms with E-state index in [2.05, 4.69) is 10.6 Å². The van der Waals surface area contributed by atoms with Gasteiger partial charge in [-0.2, -0.15) is 0 Å². The maximum atomic E-state index is 11.7. The first-order chi connectivity index (χ1) is 9.17. The van der Waals surface area contributed by atoms with Gasteiger partial charge >= 0.3 is 0 Å². The standard InChI is InChI=1S/C13H19N3O3.ClH/c1-19-11-4-2-10(3-5-11)13(18)16-9-8-15-12(17)6-7-14;/h2-5H,6-9,14H2,1H3,(H,15,17)(H,16,18);1H. The molecule has 20 heavy (non-hydrogen) atoms. The smallest absolute Gasteiger partial charge is 0.251 e. The van der Waals surface area contributed by atoms with Crippen LogP contribution in [-0.4, -0.2) is 38.6 Å². The van der Waals surface area contributed by atoms with Gasteiger partial charge in [-0.1, -0.05) is 0 Å². The van der Waals surface area contributed by atoms with Gasteiger partial charge in [-0.3, -0.25) is 9.59 Å². The maximum absolute atomic E-state index is 11.7. The van der Waals surface area contributed by atoms with E-state index < -0.39 is 0 Å². The fraction of sp³-hybridized carbons (Fsp3) is 0.385. The highest BCUT2D eigenvalue weighted by Gasteiger charge is 2.05. The van der Waals surface area contributed by atoms with Crippen LogP contribution < -0.4 is 21.1 Å². The molecule has 0 aliphatic heterocycles. The van der Waals surface area contributed by atoms with Crippen LogP contribution in [0.3, 0.4) is 0 Å². The van der Waals surface area contributed by atoms with Crippen molar-refractivity contribution in [3.05, 3.63) is 29.8 Å². The number of methoxy groups -OCH3 is 1. The van der Waals surface area contributed by atoms with E-state index in [1.807, 2.05) is 0 Å². The van der Waals surface area contributed by atoms with E-state index >= 15 is 0 Å². The number of ether oxygens (including phenoxy) is 1. The first kappa shape index (κ1) is 18.2. The zero-order chi connectivity index (χ0) is 14.1. The van der Waals surface area contributed by atoms with E-state index in [1.54, 1.807) is 31.4 Å². The molecule has 0 aromatic heterocycles. The summed E-state index contributed by atoms with van der Waals surface area (Å²) in [5.74, 6) is 0.405. The van der Waals surface area contributed by atoms with Crippen LogP contribution in [0.1, 0.15) is 16.8 Å². The first-order valence-corrected chi connectivity index (χ1v) is 6.06. The predicted octanol–water partition coefficient (Wildman–Crippen LogP) is 0.312. The lowest BCUT2D eigenvalue weighted by atomic mass is 10.2. The van der Waals surface area contributed by atoms with Crippen LogP contribution in [0, 0.1) is 0 Å². The van der Waals surface area contributed by atoms with Crippen molar-refractivity contribution in [2.45, 2.75) is 6.42 Å². The number of benzene rings is 1. The Kier molecular flexibility index (Phi) is 9.15. The van der Waals surface area contributed by atoms with Crippen molar-refractivity contribution < 1.29 is 14.3 Å². The molecule has 0 saturated carbocycles. The molecule has 4 N–H and O–H groups in total. The van der Waals surface area contributed by atoms with Crippen LogP contribution >= 0.6 is 12.4 Å². The number of amides is 2. The number of hydrogen-bond acceptors (Lipinski definition) is 4. The van der Waals surface area contributed by atoms with Crippen molar-refractivity contribution in [1.29, 1.82) is 0 Å². The third kappa shape index (κ3) is 6.40. The molecule has 0 bridgehead atoms. The quantitative estimate of drug-likeness (QED) is 0.632. The molecule has 1 aromatic carbocycles. The summed E-state index contributed by atoms with van der Waals surface area (Å²) >= 11 is 0. The Balaban J connectivity index is 0.00000361. The molecule has 1 aromatic rings. The number of nitrogens with two attached hydrogens (primary N) is 1. The second kappa shape index (κ2) is 10.1. The maximum Gasteiger partial charge on any atom is 0.251 e. The Morgan fingerprint density at radius 2 is 1.75 bits per heavy atom. The molecule has 0 aliphatic rings. The molecule has 6 nitrogen and oxygen atoms in total. The number of carbonyl (C=O) groups excluding carboxylic acids is 2. The molecule has 0 fully saturated rings. The molecular weight excluding hydrogens is 282 g/mol. The number of rotatable bonds is 7. The zero-order valence-electron chi connectivity index (χ0n) is 11.3. The largest absolute Gasteiger partial charge is 0.497 e. The lowest BCUT2D eigenvalue weighted by molar-refractivity contribution is -0.120. The molecule has 0 radical (unpaired) electrons. The Bertz CT molecular complexity index is 423. The predicted molar refractivity (Wildman–Crippen MR) is 79.3 cm³/mol. The van der Waals surface area contributed by atoms with Gasteiger partial charge in [0.2, 0.25) is 5.91 Å². The van der Waals surface area contributed by atoms with Gasteiger partial charge in [0.05, 0.1) is 7.11 Å². The third-order valence-electron chi connectivity index (χ3n) is 2.46. The molecule has 0 heterocycles. The van der Waals surface area contributed by atoms with Crippen molar-refractivity contribution in [2.75, 3.05) is 26.7 Å². The van der Waals surface area contributed by atoms with E-state index in [1.165, 1.54) is 0 Å². The van der Waals surface area contributed by atoms with Gasteiger partial charge in [0, 0.05) is 31.6 Å². The minimum absolute atomic E-state index is 0. The normalized spacial score (nSPS) is 9.30. The summed E-state index contributed by atoms with van der Waals surface area (Å²) in [6.07, 6.45) is 0.298. The molecule has 0 unspecified atom stereocenters. The van der Waals surface area contributed by atoms with Gasteiger partial charge in [0.15, 0.2) is 0 Å². The van der Waals surface area contributed by atoms with E-state index in [0.717, 1.165) is 0 Å². The lowest BCUT2D eigenvalue weighted by Gasteiger charge is -2.07. The van der Waals surface area contributed by atoms with Gasteiger partial charge in [0.25, 0.3) is 5.91 Å². The lowest BCUT2D eigenvalue weighted by Crippen LogP contribution is -2.35. The fourth-order valence-electron chi connectivity index (χ4n) is 1.44. The SMILES string of the molecule is COc1ccc(C(=O)NCCNC(=O)CCN)cc1.Cl. The Hall–Kier alpha value is -1.79. The summed E-state index contributed by atoms with van der Waals surface area (Å²) in [6.45, 7) is 1.09. The van der Waals surface area contributed by atoms with Crippen LogP contribution in [0.5, 0.6) is 5.75 Å². The van der Waals surface area contributed by atoms with E-state index in [-0.39, 0.29) is 24.2 Å². The number of halogens is 1. The van der Waals surface area contributed by atoms with Crippen molar-refractivity contribution in [3.63, 3.8) is 0 Å². The summed E-state index contributed by atoms with van der Waals surface area (Å²) in [4.78, 5) is 22.8. The van der Waals surface area contributed by atoms with Crippen LogP contribution in [0.25, 0.3) is 0 Å². The summed E-state index contributed by atoms with van der Waals surface area (Å²) in [6, 6.07) is 6.80. The molecule has 2 amide bonds. The Labute approximate surface area is 124 Å². The molecule has 112 valence electrons. The number of nitrogens with one attached hydrogen (secondary N) is 2. The first-order valence-electron chi connectivity index (χ1n) is 6.06. The van der Waals surface area contributed by atoms with Crippen molar-refractivity contribution in [1.82, 2.24) is 10.6 Å². The van der Waals surface area contributed by atoms with Crippen LogP contribution in [-0.2, 0) is 4.79 Å². The number of carbonyl (C=O) groups is 2. The molecule has 0 aliphatic carbocycles. The molecule has 0 saturated heterocycles. The third-order valence-corrected chi connectivity index (χ3v) is 2.46. The zero-order valence-corrected chi connectivity index (χ0v) is 12.2. The molecule has 0 spiro atoms.